The molecule has 6 nitrogen and oxygen atoms in total. The molecule has 0 saturated heterocycles. The van der Waals surface area contributed by atoms with Crippen LogP contribution in [0.5, 0.6) is 0 Å². The average molecular weight is 450 g/mol. The molecule has 0 bridgehead atoms. The van der Waals surface area contributed by atoms with Gasteiger partial charge in [0.2, 0.25) is 15.7 Å². The van der Waals surface area contributed by atoms with Crippen molar-refractivity contribution < 1.29 is 13.2 Å². The maximum absolute atomic E-state index is 13.4. The van der Waals surface area contributed by atoms with E-state index in [1.807, 2.05) is 31.2 Å². The van der Waals surface area contributed by atoms with Gasteiger partial charge in [0, 0.05) is 11.9 Å². The van der Waals surface area contributed by atoms with Crippen LogP contribution in [0.1, 0.15) is 18.1 Å². The fourth-order valence-corrected chi connectivity index (χ4v) is 5.46. The molecule has 0 aliphatic rings. The number of aromatic nitrogens is 2. The van der Waals surface area contributed by atoms with Gasteiger partial charge in [0.1, 0.15) is 9.92 Å². The number of thioether (sulfide) groups is 1. The minimum atomic E-state index is -3.93. The lowest BCUT2D eigenvalue weighted by molar-refractivity contribution is -0.114. The first-order valence-corrected chi connectivity index (χ1v) is 11.8. The molecule has 3 aromatic rings. The average Bonchev–Trinajstić information content (AvgIpc) is 3.01. The molecule has 0 atom stereocenters. The van der Waals surface area contributed by atoms with Crippen molar-refractivity contribution in [1.29, 1.82) is 0 Å². The lowest BCUT2D eigenvalue weighted by Gasteiger charge is -2.12. The van der Waals surface area contributed by atoms with Crippen molar-refractivity contribution in [3.05, 3.63) is 64.7 Å². The van der Waals surface area contributed by atoms with Crippen LogP contribution in [0.25, 0.3) is 0 Å². The van der Waals surface area contributed by atoms with Crippen LogP contribution in [0, 0.1) is 6.92 Å². The monoisotopic (exact) mass is 449 g/mol. The van der Waals surface area contributed by atoms with Crippen LogP contribution in [0.2, 0.25) is 5.02 Å². The molecular weight excluding hydrogens is 430 g/mol. The van der Waals surface area contributed by atoms with E-state index in [9.17, 15) is 13.2 Å². The molecule has 1 N–H and O–H groups in total. The number of hydrogen-bond donors (Lipinski definition) is 1. The number of nitrogens with zero attached hydrogens (tertiary/aromatic N) is 2. The maximum atomic E-state index is 13.4. The molecule has 0 saturated carbocycles. The first-order chi connectivity index (χ1) is 13.7. The Bertz CT molecular complexity index is 1160. The second-order valence-electron chi connectivity index (χ2n) is 6.41. The third kappa shape index (κ3) is 4.49. The highest BCUT2D eigenvalue weighted by Gasteiger charge is 2.31. The standard InChI is InChI=1S/C20H20ClN3O3S2/c1-13-6-4-5-7-15(13)12-24-19(22-14(2)25)18(20(23-24)28-3)29(26,27)17-10-8-16(21)9-11-17/h4-11H,12H2,1-3H3,(H,22,25). The Morgan fingerprint density at radius 3 is 2.41 bits per heavy atom. The first-order valence-electron chi connectivity index (χ1n) is 8.71. The number of anilines is 1. The summed E-state index contributed by atoms with van der Waals surface area (Å²) in [6.07, 6.45) is 1.75. The molecular formula is C20H20ClN3O3S2. The number of rotatable bonds is 6. The second kappa shape index (κ2) is 8.61. The van der Waals surface area contributed by atoms with Gasteiger partial charge >= 0.3 is 0 Å². The summed E-state index contributed by atoms with van der Waals surface area (Å²) in [7, 11) is -3.93. The summed E-state index contributed by atoms with van der Waals surface area (Å²) in [5.41, 5.74) is 2.02. The van der Waals surface area contributed by atoms with E-state index in [1.165, 1.54) is 47.6 Å². The third-order valence-electron chi connectivity index (χ3n) is 4.34. The Morgan fingerprint density at radius 2 is 1.83 bits per heavy atom. The number of hydrogen-bond acceptors (Lipinski definition) is 5. The lowest BCUT2D eigenvalue weighted by Crippen LogP contribution is -2.16. The van der Waals surface area contributed by atoms with E-state index in [0.717, 1.165) is 11.1 Å². The van der Waals surface area contributed by atoms with Gasteiger partial charge in [-0.1, -0.05) is 35.9 Å². The highest BCUT2D eigenvalue weighted by Crippen LogP contribution is 2.36. The van der Waals surface area contributed by atoms with Crippen LogP contribution in [-0.4, -0.2) is 30.4 Å². The molecule has 152 valence electrons. The van der Waals surface area contributed by atoms with Crippen molar-refractivity contribution in [2.24, 2.45) is 0 Å². The Morgan fingerprint density at radius 1 is 1.17 bits per heavy atom. The van der Waals surface area contributed by atoms with Crippen LogP contribution in [0.15, 0.2) is 63.3 Å². The second-order valence-corrected chi connectivity index (χ2v) is 9.53. The van der Waals surface area contributed by atoms with Crippen molar-refractivity contribution >= 4 is 44.9 Å². The number of carbonyl (C=O) groups is 1. The van der Waals surface area contributed by atoms with Crippen LogP contribution in [0.3, 0.4) is 0 Å². The molecule has 0 fully saturated rings. The van der Waals surface area contributed by atoms with Crippen molar-refractivity contribution in [3.8, 4) is 0 Å². The summed E-state index contributed by atoms with van der Waals surface area (Å²) >= 11 is 7.11. The largest absolute Gasteiger partial charge is 0.310 e. The minimum Gasteiger partial charge on any atom is -0.310 e. The van der Waals surface area contributed by atoms with Crippen molar-refractivity contribution in [1.82, 2.24) is 9.78 Å². The van der Waals surface area contributed by atoms with Gasteiger partial charge in [0.05, 0.1) is 11.4 Å². The quantitative estimate of drug-likeness (QED) is 0.564. The number of benzene rings is 2. The molecule has 1 amide bonds. The summed E-state index contributed by atoms with van der Waals surface area (Å²) in [4.78, 5) is 11.9. The van der Waals surface area contributed by atoms with Crippen molar-refractivity contribution in [3.63, 3.8) is 0 Å². The molecule has 0 spiro atoms. The molecule has 29 heavy (non-hydrogen) atoms. The highest BCUT2D eigenvalue weighted by atomic mass is 35.5. The first kappa shape index (κ1) is 21.4. The fourth-order valence-electron chi connectivity index (χ4n) is 2.88. The third-order valence-corrected chi connectivity index (χ3v) is 7.21. The lowest BCUT2D eigenvalue weighted by atomic mass is 10.1. The topological polar surface area (TPSA) is 81.1 Å². The number of nitrogens with one attached hydrogen (secondary N) is 1. The van der Waals surface area contributed by atoms with Gasteiger partial charge in [-0.05, 0) is 48.6 Å². The van der Waals surface area contributed by atoms with E-state index >= 15 is 0 Å². The molecule has 2 aromatic carbocycles. The SMILES string of the molecule is CSc1nn(Cc2ccccc2C)c(NC(C)=O)c1S(=O)(=O)c1ccc(Cl)cc1. The van der Waals surface area contributed by atoms with E-state index in [1.54, 1.807) is 6.26 Å². The van der Waals surface area contributed by atoms with E-state index in [0.29, 0.717) is 16.6 Å². The van der Waals surface area contributed by atoms with Gasteiger partial charge in [-0.25, -0.2) is 13.1 Å². The summed E-state index contributed by atoms with van der Waals surface area (Å²) < 4.78 is 28.3. The Hall–Kier alpha value is -2.29. The predicted molar refractivity (Wildman–Crippen MR) is 115 cm³/mol. The van der Waals surface area contributed by atoms with E-state index in [2.05, 4.69) is 10.4 Å². The Balaban J connectivity index is 2.20. The molecule has 0 aliphatic carbocycles. The van der Waals surface area contributed by atoms with Crippen LogP contribution in [-0.2, 0) is 21.2 Å². The number of halogens is 1. The maximum Gasteiger partial charge on any atom is 0.222 e. The zero-order valence-electron chi connectivity index (χ0n) is 16.1. The summed E-state index contributed by atoms with van der Waals surface area (Å²) in [5, 5.41) is 7.91. The Kier molecular flexibility index (Phi) is 6.36. The molecule has 3 rings (SSSR count). The summed E-state index contributed by atoms with van der Waals surface area (Å²) in [6, 6.07) is 13.7. The smallest absolute Gasteiger partial charge is 0.222 e. The van der Waals surface area contributed by atoms with Crippen molar-refractivity contribution in [2.75, 3.05) is 11.6 Å². The van der Waals surface area contributed by atoms with E-state index < -0.39 is 9.84 Å². The molecule has 1 heterocycles. The molecule has 0 radical (unpaired) electrons. The predicted octanol–water partition coefficient (Wildman–Crippen LogP) is 4.41. The van der Waals surface area contributed by atoms with Gasteiger partial charge in [-0.2, -0.15) is 5.10 Å². The molecule has 1 aromatic heterocycles. The number of aryl methyl sites for hydroxylation is 1. The zero-order chi connectivity index (χ0) is 21.2. The van der Waals surface area contributed by atoms with Gasteiger partial charge < -0.3 is 5.32 Å². The van der Waals surface area contributed by atoms with Gasteiger partial charge in [0.25, 0.3) is 0 Å². The number of carbonyl (C=O) groups excluding carboxylic acids is 1. The van der Waals surface area contributed by atoms with Crippen LogP contribution in [0.4, 0.5) is 5.82 Å². The van der Waals surface area contributed by atoms with Gasteiger partial charge in [-0.15, -0.1) is 11.8 Å². The number of sulfone groups is 1. The Labute approximate surface area is 179 Å². The highest BCUT2D eigenvalue weighted by molar-refractivity contribution is 7.99. The zero-order valence-corrected chi connectivity index (χ0v) is 18.5. The normalized spacial score (nSPS) is 11.4. The van der Waals surface area contributed by atoms with E-state index in [-0.39, 0.29) is 21.5 Å². The molecule has 0 aliphatic heterocycles. The van der Waals surface area contributed by atoms with Crippen LogP contribution < -0.4 is 5.32 Å². The summed E-state index contributed by atoms with van der Waals surface area (Å²) in [5.74, 6) is -0.226. The fraction of sp³-hybridized carbons (Fsp3) is 0.200. The minimum absolute atomic E-state index is 0.0175. The van der Waals surface area contributed by atoms with Gasteiger partial charge in [-0.3, -0.25) is 4.79 Å². The summed E-state index contributed by atoms with van der Waals surface area (Å²) in [6.45, 7) is 3.63. The molecule has 9 heteroatoms. The molecule has 0 unspecified atom stereocenters. The van der Waals surface area contributed by atoms with Crippen LogP contribution >= 0.6 is 23.4 Å². The van der Waals surface area contributed by atoms with Gasteiger partial charge in [0.15, 0.2) is 5.82 Å². The van der Waals surface area contributed by atoms with E-state index in [4.69, 9.17) is 11.6 Å². The van der Waals surface area contributed by atoms with Crippen molar-refractivity contribution in [2.45, 2.75) is 35.2 Å². The number of amides is 1.